The van der Waals surface area contributed by atoms with E-state index in [4.69, 9.17) is 5.73 Å². The van der Waals surface area contributed by atoms with Crippen molar-refractivity contribution in [3.05, 3.63) is 41.9 Å². The van der Waals surface area contributed by atoms with Crippen LogP contribution in [-0.2, 0) is 4.74 Å². The standard InChI is InChI=1S/C9H9NO2/c1-12-9(11)6-7-4-2-3-5-8(7)10/h2-5H,10H2,1H3. The summed E-state index contributed by atoms with van der Waals surface area (Å²) in [6.07, 6.45) is 2.47. The maximum atomic E-state index is 10.7. The van der Waals surface area contributed by atoms with Gasteiger partial charge < -0.3 is 15.6 Å². The quantitative estimate of drug-likeness (QED) is 0.386. The molecule has 3 nitrogen and oxygen atoms in total. The monoisotopic (exact) mass is 163 g/mol. The van der Waals surface area contributed by atoms with E-state index in [9.17, 15) is 5.11 Å². The molecule has 0 amide bonds. The van der Waals surface area contributed by atoms with Crippen LogP contribution in [-0.4, -0.2) is 7.11 Å². The number of hydrogen-bond donors (Lipinski definition) is 1. The molecular formula is C9H9NO2. The molecule has 0 radical (unpaired) electrons. The third-order valence-electron chi connectivity index (χ3n) is 1.38. The molecule has 0 fully saturated rings. The normalized spacial score (nSPS) is 10.6. The van der Waals surface area contributed by atoms with Gasteiger partial charge in [0.05, 0.1) is 12.1 Å². The Kier molecular flexibility index (Phi) is 2.51. The van der Waals surface area contributed by atoms with Crippen molar-refractivity contribution >= 4 is 5.69 Å². The Bertz CT molecular complexity index is 294. The molecule has 62 valence electrons. The van der Waals surface area contributed by atoms with Gasteiger partial charge in [0.1, 0.15) is 0 Å². The van der Waals surface area contributed by atoms with Gasteiger partial charge in [0.25, 0.3) is 0 Å². The van der Waals surface area contributed by atoms with Crippen molar-refractivity contribution in [3.8, 4) is 0 Å². The highest BCUT2D eigenvalue weighted by Gasteiger charge is 2.04. The molecule has 0 heterocycles. The van der Waals surface area contributed by atoms with Gasteiger partial charge >= 0.3 is 0 Å². The molecule has 0 aromatic heterocycles. The van der Waals surface area contributed by atoms with E-state index in [0.29, 0.717) is 11.3 Å². The van der Waals surface area contributed by atoms with Crippen LogP contribution in [0.2, 0.25) is 0 Å². The van der Waals surface area contributed by atoms with Crippen molar-refractivity contribution in [2.45, 2.75) is 0 Å². The van der Waals surface area contributed by atoms with Crippen molar-refractivity contribution in [1.82, 2.24) is 0 Å². The Morgan fingerprint density at radius 2 is 2.17 bits per heavy atom. The summed E-state index contributed by atoms with van der Waals surface area (Å²) in [5.74, 6) is -0.520. The first kappa shape index (κ1) is 8.37. The zero-order chi connectivity index (χ0) is 8.97. The van der Waals surface area contributed by atoms with Gasteiger partial charge in [0, 0.05) is 6.07 Å². The summed E-state index contributed by atoms with van der Waals surface area (Å²) in [4.78, 5) is 0. The van der Waals surface area contributed by atoms with E-state index in [1.165, 1.54) is 7.11 Å². The van der Waals surface area contributed by atoms with Crippen LogP contribution in [0.4, 0.5) is 5.69 Å². The maximum absolute atomic E-state index is 10.7. The number of ether oxygens (including phenoxy) is 1. The van der Waals surface area contributed by atoms with E-state index in [1.54, 1.807) is 24.3 Å². The molecule has 1 aromatic carbocycles. The summed E-state index contributed by atoms with van der Waals surface area (Å²) in [5, 5.41) is 10.7. The summed E-state index contributed by atoms with van der Waals surface area (Å²) in [5.41, 5.74) is 6.63. The summed E-state index contributed by atoms with van der Waals surface area (Å²) >= 11 is 0. The van der Waals surface area contributed by atoms with Crippen LogP contribution in [0.5, 0.6) is 0 Å². The maximum Gasteiger partial charge on any atom is 0.213 e. The molecule has 3 heteroatoms. The van der Waals surface area contributed by atoms with Gasteiger partial charge in [-0.25, -0.2) is 0 Å². The van der Waals surface area contributed by atoms with Crippen molar-refractivity contribution in [2.24, 2.45) is 0 Å². The SMILES string of the molecule is COC([O-])=[C+]c1ccccc1N. The number of nitrogen functional groups attached to an aromatic ring is 1. The minimum atomic E-state index is -0.520. The first-order valence-electron chi connectivity index (χ1n) is 3.43. The fourth-order valence-corrected chi connectivity index (χ4v) is 0.772. The average Bonchev–Trinajstić information content (AvgIpc) is 2.09. The molecule has 12 heavy (non-hydrogen) atoms. The summed E-state index contributed by atoms with van der Waals surface area (Å²) in [7, 11) is 1.30. The number of nitrogens with two attached hydrogens (primary N) is 1. The molecule has 2 N–H and O–H groups in total. The molecule has 0 unspecified atom stereocenters. The van der Waals surface area contributed by atoms with Crippen molar-refractivity contribution in [1.29, 1.82) is 0 Å². The van der Waals surface area contributed by atoms with Crippen molar-refractivity contribution < 1.29 is 9.84 Å². The first-order valence-corrected chi connectivity index (χ1v) is 3.43. The predicted molar refractivity (Wildman–Crippen MR) is 43.7 cm³/mol. The molecule has 0 aliphatic rings. The van der Waals surface area contributed by atoms with Crippen LogP contribution >= 0.6 is 0 Å². The van der Waals surface area contributed by atoms with Crippen molar-refractivity contribution in [3.63, 3.8) is 0 Å². The van der Waals surface area contributed by atoms with E-state index >= 15 is 0 Å². The molecule has 0 saturated heterocycles. The Morgan fingerprint density at radius 3 is 2.75 bits per heavy atom. The zero-order valence-corrected chi connectivity index (χ0v) is 6.70. The number of benzene rings is 1. The Labute approximate surface area is 71.1 Å². The molecule has 0 atom stereocenters. The minimum absolute atomic E-state index is 0.517. The molecule has 0 aliphatic carbocycles. The van der Waals surface area contributed by atoms with E-state index < -0.39 is 5.95 Å². The lowest BCUT2D eigenvalue weighted by Gasteiger charge is -2.01. The molecule has 0 aliphatic heterocycles. The molecule has 0 saturated carbocycles. The van der Waals surface area contributed by atoms with Gasteiger partial charge in [-0.3, -0.25) is 0 Å². The lowest BCUT2D eigenvalue weighted by atomic mass is 10.2. The Hall–Kier alpha value is -1.73. The minimum Gasteiger partial charge on any atom is -0.601 e. The first-order chi connectivity index (χ1) is 5.74. The van der Waals surface area contributed by atoms with E-state index in [2.05, 4.69) is 10.8 Å². The topological polar surface area (TPSA) is 58.3 Å². The fourth-order valence-electron chi connectivity index (χ4n) is 0.772. The number of rotatable bonds is 2. The predicted octanol–water partition coefficient (Wildman–Crippen LogP) is 0.268. The molecule has 0 bridgehead atoms. The summed E-state index contributed by atoms with van der Waals surface area (Å²) in [6.45, 7) is 0. The average molecular weight is 163 g/mol. The largest absolute Gasteiger partial charge is 0.601 e. The van der Waals surface area contributed by atoms with Gasteiger partial charge in [0.2, 0.25) is 5.56 Å². The number of hydrogen-bond acceptors (Lipinski definition) is 3. The van der Waals surface area contributed by atoms with Gasteiger partial charge in [-0.05, 0) is 19.2 Å². The van der Waals surface area contributed by atoms with E-state index in [0.717, 1.165) is 0 Å². The van der Waals surface area contributed by atoms with E-state index in [-0.39, 0.29) is 0 Å². The lowest BCUT2D eigenvalue weighted by Crippen LogP contribution is -2.06. The van der Waals surface area contributed by atoms with Gasteiger partial charge in [-0.15, -0.1) is 0 Å². The van der Waals surface area contributed by atoms with E-state index in [1.807, 2.05) is 0 Å². The highest BCUT2D eigenvalue weighted by molar-refractivity contribution is 5.49. The second kappa shape index (κ2) is 3.60. The van der Waals surface area contributed by atoms with Gasteiger partial charge in [0.15, 0.2) is 11.6 Å². The number of anilines is 1. The highest BCUT2D eigenvalue weighted by Crippen LogP contribution is 2.10. The summed E-state index contributed by atoms with van der Waals surface area (Å²) < 4.78 is 4.40. The van der Waals surface area contributed by atoms with Crippen LogP contribution in [0.3, 0.4) is 0 Å². The van der Waals surface area contributed by atoms with Crippen LogP contribution in [0.1, 0.15) is 5.56 Å². The second-order valence-corrected chi connectivity index (χ2v) is 2.20. The molecular weight excluding hydrogens is 154 g/mol. The summed E-state index contributed by atoms with van der Waals surface area (Å²) in [6, 6.07) is 6.97. The van der Waals surface area contributed by atoms with Crippen molar-refractivity contribution in [2.75, 3.05) is 12.8 Å². The Balaban J connectivity index is 2.96. The van der Waals surface area contributed by atoms with Gasteiger partial charge in [-0.1, -0.05) is 0 Å². The zero-order valence-electron chi connectivity index (χ0n) is 6.70. The number of para-hydroxylation sites is 1. The van der Waals surface area contributed by atoms with Crippen LogP contribution < -0.4 is 10.8 Å². The third kappa shape index (κ3) is 1.87. The highest BCUT2D eigenvalue weighted by atomic mass is 16.6. The second-order valence-electron chi connectivity index (χ2n) is 2.20. The smallest absolute Gasteiger partial charge is 0.213 e. The van der Waals surface area contributed by atoms with Crippen LogP contribution in [0.25, 0.3) is 0 Å². The van der Waals surface area contributed by atoms with Gasteiger partial charge in [-0.2, -0.15) is 0 Å². The number of methoxy groups -OCH3 is 1. The Morgan fingerprint density at radius 1 is 1.50 bits per heavy atom. The molecule has 0 spiro atoms. The molecule has 1 aromatic rings. The molecule has 1 rings (SSSR count). The van der Waals surface area contributed by atoms with Crippen LogP contribution in [0.15, 0.2) is 30.2 Å². The lowest BCUT2D eigenvalue weighted by molar-refractivity contribution is -0.354. The third-order valence-corrected chi connectivity index (χ3v) is 1.38. The fraction of sp³-hybridized carbons (Fsp3) is 0.111. The van der Waals surface area contributed by atoms with Crippen LogP contribution in [0, 0.1) is 6.08 Å².